The predicted molar refractivity (Wildman–Crippen MR) is 140 cm³/mol. The van der Waals surface area contributed by atoms with Gasteiger partial charge >= 0.3 is 0 Å². The number of piperazine rings is 1. The minimum absolute atomic E-state index is 0.0340. The molecule has 1 amide bonds. The Morgan fingerprint density at radius 2 is 1.60 bits per heavy atom. The molecule has 0 saturated carbocycles. The molecule has 184 valence electrons. The third-order valence-corrected chi connectivity index (χ3v) is 6.87. The Kier molecular flexibility index (Phi) is 8.16. The van der Waals surface area contributed by atoms with Crippen LogP contribution in [-0.2, 0) is 6.54 Å². The second kappa shape index (κ2) is 11.5. The van der Waals surface area contributed by atoms with Crippen molar-refractivity contribution in [3.63, 3.8) is 0 Å². The van der Waals surface area contributed by atoms with Crippen LogP contribution in [0.25, 0.3) is 0 Å². The maximum atomic E-state index is 14.1. The second-order valence-corrected chi connectivity index (χ2v) is 9.08. The summed E-state index contributed by atoms with van der Waals surface area (Å²) in [4.78, 5) is 19.4. The van der Waals surface area contributed by atoms with Crippen molar-refractivity contribution in [2.24, 2.45) is 0 Å². The molecule has 0 spiro atoms. The average Bonchev–Trinajstić information content (AvgIpc) is 2.88. The van der Waals surface area contributed by atoms with Gasteiger partial charge in [-0.05, 0) is 55.3 Å². The van der Waals surface area contributed by atoms with Crippen molar-refractivity contribution in [2.45, 2.75) is 26.4 Å². The molecule has 0 aliphatic carbocycles. The van der Waals surface area contributed by atoms with Crippen LogP contribution in [0.5, 0.6) is 0 Å². The Morgan fingerprint density at radius 1 is 0.914 bits per heavy atom. The number of amides is 1. The Morgan fingerprint density at radius 3 is 2.23 bits per heavy atom. The van der Waals surface area contributed by atoms with Gasteiger partial charge in [0.2, 0.25) is 0 Å². The monoisotopic (exact) mass is 474 g/mol. The van der Waals surface area contributed by atoms with Crippen molar-refractivity contribution in [1.82, 2.24) is 14.7 Å². The van der Waals surface area contributed by atoms with Crippen molar-refractivity contribution in [3.8, 4) is 0 Å². The minimum atomic E-state index is -0.146. The van der Waals surface area contributed by atoms with Gasteiger partial charge in [-0.1, -0.05) is 42.5 Å². The first-order valence-corrected chi connectivity index (χ1v) is 12.4. The first-order chi connectivity index (χ1) is 17.0. The van der Waals surface area contributed by atoms with Gasteiger partial charge in [-0.15, -0.1) is 0 Å². The Balaban J connectivity index is 1.53. The van der Waals surface area contributed by atoms with E-state index in [-0.39, 0.29) is 17.8 Å². The number of nitrogens with two attached hydrogens (primary N) is 1. The number of hydrogen-bond donors (Lipinski definition) is 1. The molecule has 0 aromatic heterocycles. The standard InChI is InChI=1S/C29H35FN4O/c1-3-33(4-2)29(35)23-14-12-22(13-15-23)28(24-9-7-10-26(31)20-24)34-18-16-32(17-19-34)21-25-8-5-6-11-27(25)30/h5-15,20,28H,3-4,16-19,21,31H2,1-2H3. The van der Waals surface area contributed by atoms with Gasteiger partial charge in [-0.2, -0.15) is 0 Å². The number of carbonyl (C=O) groups excluding carboxylic acids is 1. The summed E-state index contributed by atoms with van der Waals surface area (Å²) >= 11 is 0. The van der Waals surface area contributed by atoms with Crippen molar-refractivity contribution in [3.05, 3.63) is 101 Å². The highest BCUT2D eigenvalue weighted by Gasteiger charge is 2.27. The predicted octanol–water partition coefficient (Wildman–Crippen LogP) is 4.80. The lowest BCUT2D eigenvalue weighted by molar-refractivity contribution is 0.0773. The molecular weight excluding hydrogens is 439 g/mol. The molecule has 4 rings (SSSR count). The zero-order chi connectivity index (χ0) is 24.8. The lowest BCUT2D eigenvalue weighted by Gasteiger charge is -2.40. The fourth-order valence-corrected chi connectivity index (χ4v) is 4.89. The highest BCUT2D eigenvalue weighted by molar-refractivity contribution is 5.94. The molecule has 1 aliphatic heterocycles. The van der Waals surface area contributed by atoms with E-state index < -0.39 is 0 Å². The van der Waals surface area contributed by atoms with Crippen LogP contribution in [0.3, 0.4) is 0 Å². The van der Waals surface area contributed by atoms with Crippen molar-refractivity contribution < 1.29 is 9.18 Å². The van der Waals surface area contributed by atoms with Gasteiger partial charge in [0.15, 0.2) is 0 Å². The Hall–Kier alpha value is -3.22. The molecular formula is C29H35FN4O. The maximum absolute atomic E-state index is 14.1. The van der Waals surface area contributed by atoms with Crippen molar-refractivity contribution in [1.29, 1.82) is 0 Å². The number of nitrogens with zero attached hydrogens (tertiary/aromatic N) is 3. The molecule has 5 nitrogen and oxygen atoms in total. The number of carbonyl (C=O) groups is 1. The van der Waals surface area contributed by atoms with E-state index in [9.17, 15) is 9.18 Å². The van der Waals surface area contributed by atoms with Crippen molar-refractivity contribution >= 4 is 11.6 Å². The molecule has 3 aromatic carbocycles. The van der Waals surface area contributed by atoms with Gasteiger partial charge in [0.25, 0.3) is 5.91 Å². The molecule has 1 aliphatic rings. The van der Waals surface area contributed by atoms with E-state index in [4.69, 9.17) is 5.73 Å². The first kappa shape index (κ1) is 24.9. The maximum Gasteiger partial charge on any atom is 0.253 e. The fraction of sp³-hybridized carbons (Fsp3) is 0.345. The zero-order valence-electron chi connectivity index (χ0n) is 20.7. The second-order valence-electron chi connectivity index (χ2n) is 9.08. The van der Waals surface area contributed by atoms with E-state index in [1.54, 1.807) is 6.07 Å². The summed E-state index contributed by atoms with van der Waals surface area (Å²) < 4.78 is 14.1. The summed E-state index contributed by atoms with van der Waals surface area (Å²) in [6, 6.07) is 23.1. The minimum Gasteiger partial charge on any atom is -0.399 e. The highest BCUT2D eigenvalue weighted by Crippen LogP contribution is 2.31. The number of hydrogen-bond acceptors (Lipinski definition) is 4. The lowest BCUT2D eigenvalue weighted by Crippen LogP contribution is -2.47. The van der Waals surface area contributed by atoms with Crippen LogP contribution in [0.2, 0.25) is 0 Å². The van der Waals surface area contributed by atoms with Gasteiger partial charge in [0.05, 0.1) is 6.04 Å². The molecule has 6 heteroatoms. The van der Waals surface area contributed by atoms with Crippen molar-refractivity contribution in [2.75, 3.05) is 45.0 Å². The number of rotatable bonds is 8. The number of halogens is 1. The Labute approximate surface area is 208 Å². The molecule has 1 heterocycles. The van der Waals surface area contributed by atoms with Gasteiger partial charge < -0.3 is 10.6 Å². The third-order valence-electron chi connectivity index (χ3n) is 6.87. The van der Waals surface area contributed by atoms with Crippen LogP contribution in [0.1, 0.15) is 46.9 Å². The van der Waals surface area contributed by atoms with Gasteiger partial charge in [0, 0.05) is 62.6 Å². The average molecular weight is 475 g/mol. The number of benzene rings is 3. The largest absolute Gasteiger partial charge is 0.399 e. The zero-order valence-corrected chi connectivity index (χ0v) is 20.7. The summed E-state index contributed by atoms with van der Waals surface area (Å²) in [6.07, 6.45) is 0. The summed E-state index contributed by atoms with van der Waals surface area (Å²) in [5.41, 5.74) is 10.6. The SMILES string of the molecule is CCN(CC)C(=O)c1ccc(C(c2cccc(N)c2)N2CCN(Cc3ccccc3F)CC2)cc1. The van der Waals surface area contributed by atoms with E-state index in [2.05, 4.69) is 28.0 Å². The van der Waals surface area contributed by atoms with Crippen LogP contribution in [0.15, 0.2) is 72.8 Å². The summed E-state index contributed by atoms with van der Waals surface area (Å²) in [7, 11) is 0. The normalized spacial score (nSPS) is 15.6. The summed E-state index contributed by atoms with van der Waals surface area (Å²) in [5, 5.41) is 0. The van der Waals surface area contributed by atoms with E-state index in [0.29, 0.717) is 25.2 Å². The molecule has 35 heavy (non-hydrogen) atoms. The Bertz CT molecular complexity index is 1120. The van der Waals surface area contributed by atoms with E-state index >= 15 is 0 Å². The molecule has 1 atom stereocenters. The molecule has 1 saturated heterocycles. The molecule has 3 aromatic rings. The van der Waals surface area contributed by atoms with Crippen LogP contribution >= 0.6 is 0 Å². The molecule has 0 radical (unpaired) electrons. The smallest absolute Gasteiger partial charge is 0.253 e. The van der Waals surface area contributed by atoms with Gasteiger partial charge in [-0.25, -0.2) is 4.39 Å². The number of nitrogen functional groups attached to an aromatic ring is 1. The molecule has 0 bridgehead atoms. The topological polar surface area (TPSA) is 52.8 Å². The van der Waals surface area contributed by atoms with E-state index in [1.165, 1.54) is 6.07 Å². The van der Waals surface area contributed by atoms with Crippen LogP contribution in [0.4, 0.5) is 10.1 Å². The third kappa shape index (κ3) is 5.89. The first-order valence-electron chi connectivity index (χ1n) is 12.4. The highest BCUT2D eigenvalue weighted by atomic mass is 19.1. The molecule has 2 N–H and O–H groups in total. The van der Waals surface area contributed by atoms with Crippen LogP contribution < -0.4 is 5.73 Å². The van der Waals surface area contributed by atoms with Crippen LogP contribution in [-0.4, -0.2) is 59.9 Å². The van der Waals surface area contributed by atoms with E-state index in [1.807, 2.05) is 61.2 Å². The fourth-order valence-electron chi connectivity index (χ4n) is 4.89. The quantitative estimate of drug-likeness (QED) is 0.477. The molecule has 1 unspecified atom stereocenters. The van der Waals surface area contributed by atoms with Crippen LogP contribution in [0, 0.1) is 5.82 Å². The van der Waals surface area contributed by atoms with Gasteiger partial charge in [0.1, 0.15) is 5.82 Å². The van der Waals surface area contributed by atoms with Gasteiger partial charge in [-0.3, -0.25) is 14.6 Å². The summed E-state index contributed by atoms with van der Waals surface area (Å²) in [6.45, 7) is 9.42. The molecule has 1 fully saturated rings. The lowest BCUT2D eigenvalue weighted by atomic mass is 9.95. The number of anilines is 1. The van der Waals surface area contributed by atoms with E-state index in [0.717, 1.165) is 48.6 Å². The summed E-state index contributed by atoms with van der Waals surface area (Å²) in [5.74, 6) is -0.0873.